The summed E-state index contributed by atoms with van der Waals surface area (Å²) in [6.07, 6.45) is 6.94. The number of carbonyl (C=O) groups excluding carboxylic acids is 1. The molecule has 0 aromatic heterocycles. The maximum Gasteiger partial charge on any atom is 0.199 e. The molecule has 1 heterocycles. The lowest BCUT2D eigenvalue weighted by atomic mass is 9.94. The van der Waals surface area contributed by atoms with E-state index in [0.717, 1.165) is 5.57 Å². The van der Waals surface area contributed by atoms with Crippen molar-refractivity contribution < 1.29 is 24.9 Å². The van der Waals surface area contributed by atoms with Crippen molar-refractivity contribution in [3.8, 4) is 17.2 Å². The number of Topliss-reactive ketones (excluding diaryl/α,β-unsaturated/α-hetero) is 1. The van der Waals surface area contributed by atoms with E-state index in [4.69, 9.17) is 4.74 Å². The highest BCUT2D eigenvalue weighted by Crippen LogP contribution is 2.41. The van der Waals surface area contributed by atoms with Crippen LogP contribution in [0.4, 0.5) is 0 Å². The number of allylic oxidation sites excluding steroid dienone is 3. The number of fused-ring (bicyclic) bond motifs is 1. The van der Waals surface area contributed by atoms with E-state index in [0.29, 0.717) is 12.0 Å². The quantitative estimate of drug-likeness (QED) is 0.692. The topological polar surface area (TPSA) is 87.0 Å². The van der Waals surface area contributed by atoms with Gasteiger partial charge in [0.1, 0.15) is 29.4 Å². The molecule has 0 amide bonds. The fourth-order valence-corrected chi connectivity index (χ4v) is 2.49. The van der Waals surface area contributed by atoms with Gasteiger partial charge in [0.25, 0.3) is 0 Å². The molecule has 0 radical (unpaired) electrons. The molecule has 0 saturated carbocycles. The molecule has 1 aromatic rings. The van der Waals surface area contributed by atoms with Crippen LogP contribution in [-0.2, 0) is 0 Å². The molecule has 0 bridgehead atoms. The van der Waals surface area contributed by atoms with Crippen LogP contribution in [0, 0.1) is 6.92 Å². The Balaban J connectivity index is 1.98. The first-order valence-corrected chi connectivity index (χ1v) is 6.97. The highest BCUT2D eigenvalue weighted by molar-refractivity contribution is 6.14. The summed E-state index contributed by atoms with van der Waals surface area (Å²) in [7, 11) is 0. The van der Waals surface area contributed by atoms with E-state index < -0.39 is 6.10 Å². The van der Waals surface area contributed by atoms with Gasteiger partial charge >= 0.3 is 0 Å². The lowest BCUT2D eigenvalue weighted by Gasteiger charge is -2.21. The van der Waals surface area contributed by atoms with Crippen molar-refractivity contribution in [2.45, 2.75) is 19.4 Å². The van der Waals surface area contributed by atoms with Crippen LogP contribution >= 0.6 is 0 Å². The first kappa shape index (κ1) is 14.4. The molecule has 22 heavy (non-hydrogen) atoms. The lowest BCUT2D eigenvalue weighted by molar-refractivity contribution is 0.0995. The van der Waals surface area contributed by atoms with E-state index in [9.17, 15) is 20.1 Å². The normalized spacial score (nSPS) is 22.3. The average Bonchev–Trinajstić information content (AvgIpc) is 2.50. The van der Waals surface area contributed by atoms with E-state index >= 15 is 0 Å². The SMILES string of the molecule is Cc1c(O)cc2c(c1O)C(=O)/C(=C/C1=CCC(O)C=C1)CO2. The standard InChI is InChI=1S/C17H16O5/c1-9-13(19)7-14-15(16(9)20)17(21)11(8-22-14)6-10-2-4-12(18)5-3-10/h2-4,6-7,12,18-20H,5,8H2,1H3/b11-6+. The number of phenolic OH excluding ortho intramolecular Hbond substituents is 2. The fraction of sp³-hybridized carbons (Fsp3) is 0.235. The summed E-state index contributed by atoms with van der Waals surface area (Å²) in [5.41, 5.74) is 1.56. The van der Waals surface area contributed by atoms with Gasteiger partial charge in [0.2, 0.25) is 0 Å². The predicted octanol–water partition coefficient (Wildman–Crippen LogP) is 2.15. The summed E-state index contributed by atoms with van der Waals surface area (Å²) in [6, 6.07) is 1.34. The molecular formula is C17H16O5. The van der Waals surface area contributed by atoms with E-state index in [2.05, 4.69) is 0 Å². The molecular weight excluding hydrogens is 284 g/mol. The molecule has 3 rings (SSSR count). The van der Waals surface area contributed by atoms with Gasteiger partial charge in [0.15, 0.2) is 5.78 Å². The van der Waals surface area contributed by atoms with E-state index in [1.165, 1.54) is 13.0 Å². The second-order valence-corrected chi connectivity index (χ2v) is 5.40. The Kier molecular flexibility index (Phi) is 3.50. The van der Waals surface area contributed by atoms with Crippen LogP contribution in [0.3, 0.4) is 0 Å². The molecule has 1 aliphatic heterocycles. The molecule has 5 nitrogen and oxygen atoms in total. The molecule has 0 fully saturated rings. The molecule has 1 aliphatic carbocycles. The zero-order valence-corrected chi connectivity index (χ0v) is 12.0. The number of hydrogen-bond acceptors (Lipinski definition) is 5. The Morgan fingerprint density at radius 1 is 1.36 bits per heavy atom. The Morgan fingerprint density at radius 2 is 2.14 bits per heavy atom. The van der Waals surface area contributed by atoms with Gasteiger partial charge in [-0.2, -0.15) is 0 Å². The third-order valence-electron chi connectivity index (χ3n) is 3.84. The van der Waals surface area contributed by atoms with Gasteiger partial charge in [0, 0.05) is 17.2 Å². The molecule has 5 heteroatoms. The van der Waals surface area contributed by atoms with E-state index in [1.807, 2.05) is 6.08 Å². The van der Waals surface area contributed by atoms with Crippen LogP contribution < -0.4 is 4.74 Å². The third-order valence-corrected chi connectivity index (χ3v) is 3.84. The summed E-state index contributed by atoms with van der Waals surface area (Å²) in [6.45, 7) is 1.60. The Morgan fingerprint density at radius 3 is 2.82 bits per heavy atom. The number of benzene rings is 1. The summed E-state index contributed by atoms with van der Waals surface area (Å²) in [5, 5.41) is 29.2. The number of phenols is 2. The molecule has 1 aromatic carbocycles. The lowest BCUT2D eigenvalue weighted by Crippen LogP contribution is -2.20. The summed E-state index contributed by atoms with van der Waals surface area (Å²) < 4.78 is 5.48. The summed E-state index contributed by atoms with van der Waals surface area (Å²) >= 11 is 0. The molecule has 2 aliphatic rings. The average molecular weight is 300 g/mol. The highest BCUT2D eigenvalue weighted by Gasteiger charge is 2.29. The summed E-state index contributed by atoms with van der Waals surface area (Å²) in [4.78, 5) is 12.5. The van der Waals surface area contributed by atoms with Gasteiger partial charge < -0.3 is 20.1 Å². The van der Waals surface area contributed by atoms with Gasteiger partial charge in [-0.1, -0.05) is 18.2 Å². The zero-order chi connectivity index (χ0) is 15.9. The van der Waals surface area contributed by atoms with Crippen LogP contribution in [0.1, 0.15) is 22.3 Å². The molecule has 1 atom stereocenters. The first-order valence-electron chi connectivity index (χ1n) is 6.97. The predicted molar refractivity (Wildman–Crippen MR) is 80.3 cm³/mol. The largest absolute Gasteiger partial charge is 0.507 e. The van der Waals surface area contributed by atoms with Crippen LogP contribution in [0.5, 0.6) is 17.2 Å². The molecule has 114 valence electrons. The van der Waals surface area contributed by atoms with Crippen molar-refractivity contribution in [2.24, 2.45) is 0 Å². The van der Waals surface area contributed by atoms with Crippen LogP contribution in [0.15, 0.2) is 41.5 Å². The van der Waals surface area contributed by atoms with E-state index in [1.54, 1.807) is 18.2 Å². The van der Waals surface area contributed by atoms with Gasteiger partial charge in [-0.3, -0.25) is 4.79 Å². The maximum absolute atomic E-state index is 12.5. The molecule has 1 unspecified atom stereocenters. The number of rotatable bonds is 1. The smallest absolute Gasteiger partial charge is 0.199 e. The van der Waals surface area contributed by atoms with Crippen molar-refractivity contribution in [1.29, 1.82) is 0 Å². The van der Waals surface area contributed by atoms with Crippen LogP contribution in [0.25, 0.3) is 0 Å². The van der Waals surface area contributed by atoms with Gasteiger partial charge in [-0.15, -0.1) is 0 Å². The number of ketones is 1. The monoisotopic (exact) mass is 300 g/mol. The minimum absolute atomic E-state index is 0.0709. The van der Waals surface area contributed by atoms with Gasteiger partial charge in [-0.25, -0.2) is 0 Å². The number of hydrogen-bond donors (Lipinski definition) is 3. The van der Waals surface area contributed by atoms with Gasteiger partial charge in [0.05, 0.1) is 6.10 Å². The van der Waals surface area contributed by atoms with E-state index in [-0.39, 0.29) is 40.8 Å². The van der Waals surface area contributed by atoms with Gasteiger partial charge in [-0.05, 0) is 25.0 Å². The molecule has 0 saturated heterocycles. The molecule has 0 spiro atoms. The van der Waals surface area contributed by atoms with Crippen molar-refractivity contribution in [2.75, 3.05) is 6.61 Å². The number of carbonyl (C=O) groups is 1. The number of aliphatic hydroxyl groups excluding tert-OH is 1. The van der Waals surface area contributed by atoms with Crippen LogP contribution in [0.2, 0.25) is 0 Å². The Hall–Kier alpha value is -2.53. The fourth-order valence-electron chi connectivity index (χ4n) is 2.49. The Bertz CT molecular complexity index is 740. The maximum atomic E-state index is 12.5. The third kappa shape index (κ3) is 2.40. The minimum atomic E-state index is -0.490. The van der Waals surface area contributed by atoms with Crippen molar-refractivity contribution in [3.05, 3.63) is 52.6 Å². The van der Waals surface area contributed by atoms with Crippen molar-refractivity contribution in [3.63, 3.8) is 0 Å². The first-order chi connectivity index (χ1) is 10.5. The van der Waals surface area contributed by atoms with Crippen molar-refractivity contribution >= 4 is 5.78 Å². The highest BCUT2D eigenvalue weighted by atomic mass is 16.5. The zero-order valence-electron chi connectivity index (χ0n) is 12.0. The number of aliphatic hydroxyl groups is 1. The second kappa shape index (κ2) is 5.35. The molecule has 3 N–H and O–H groups in total. The minimum Gasteiger partial charge on any atom is -0.507 e. The van der Waals surface area contributed by atoms with Crippen LogP contribution in [-0.4, -0.2) is 33.8 Å². The number of ether oxygens (including phenoxy) is 1. The Labute approximate surface area is 127 Å². The number of aromatic hydroxyl groups is 2. The second-order valence-electron chi connectivity index (χ2n) is 5.40. The summed E-state index contributed by atoms with van der Waals surface area (Å²) in [5.74, 6) is -0.494. The van der Waals surface area contributed by atoms with Crippen molar-refractivity contribution in [1.82, 2.24) is 0 Å².